The molecule has 0 bridgehead atoms. The number of carbonyl (C=O) groups excluding carboxylic acids is 1. The van der Waals surface area contributed by atoms with Gasteiger partial charge in [-0.3, -0.25) is 0 Å². The lowest BCUT2D eigenvalue weighted by molar-refractivity contribution is 0.101. The van der Waals surface area contributed by atoms with Crippen LogP contribution in [0.2, 0.25) is 0 Å². The summed E-state index contributed by atoms with van der Waals surface area (Å²) in [6, 6.07) is 7.76. The molecule has 1 aromatic carbocycles. The van der Waals surface area contributed by atoms with Crippen LogP contribution in [0, 0.1) is 5.92 Å². The van der Waals surface area contributed by atoms with E-state index in [0.29, 0.717) is 25.6 Å². The van der Waals surface area contributed by atoms with E-state index >= 15 is 0 Å². The quantitative estimate of drug-likeness (QED) is 0.723. The third-order valence-electron chi connectivity index (χ3n) is 4.26. The van der Waals surface area contributed by atoms with Crippen LogP contribution in [-0.2, 0) is 6.42 Å². The monoisotopic (exact) mass is 320 g/mol. The number of hydrogen-bond acceptors (Lipinski definition) is 3. The molecule has 0 aromatic heterocycles. The molecule has 0 spiro atoms. The Bertz CT molecular complexity index is 493. The SMILES string of the molecule is CCOc1ccccc1CCNC(=O)NCC1CCCC(O)C1. The third-order valence-corrected chi connectivity index (χ3v) is 4.26. The number of rotatable bonds is 7. The first-order valence-electron chi connectivity index (χ1n) is 8.59. The van der Waals surface area contributed by atoms with Gasteiger partial charge in [-0.1, -0.05) is 24.6 Å². The second kappa shape index (κ2) is 9.40. The largest absolute Gasteiger partial charge is 0.494 e. The van der Waals surface area contributed by atoms with Crippen molar-refractivity contribution in [2.45, 2.75) is 45.1 Å². The van der Waals surface area contributed by atoms with Gasteiger partial charge in [0.15, 0.2) is 0 Å². The average Bonchev–Trinajstić information content (AvgIpc) is 2.55. The highest BCUT2D eigenvalue weighted by Crippen LogP contribution is 2.23. The summed E-state index contributed by atoms with van der Waals surface area (Å²) in [7, 11) is 0. The van der Waals surface area contributed by atoms with E-state index in [2.05, 4.69) is 10.6 Å². The van der Waals surface area contributed by atoms with Crippen LogP contribution >= 0.6 is 0 Å². The van der Waals surface area contributed by atoms with Gasteiger partial charge in [0.1, 0.15) is 5.75 Å². The zero-order chi connectivity index (χ0) is 16.5. The number of carbonyl (C=O) groups is 1. The van der Waals surface area contributed by atoms with Gasteiger partial charge in [0.05, 0.1) is 12.7 Å². The van der Waals surface area contributed by atoms with Crippen molar-refractivity contribution in [3.63, 3.8) is 0 Å². The summed E-state index contributed by atoms with van der Waals surface area (Å²) in [6.45, 7) is 3.81. The van der Waals surface area contributed by atoms with Gasteiger partial charge < -0.3 is 20.5 Å². The Morgan fingerprint density at radius 3 is 2.91 bits per heavy atom. The summed E-state index contributed by atoms with van der Waals surface area (Å²) in [5.74, 6) is 1.27. The van der Waals surface area contributed by atoms with E-state index in [1.54, 1.807) is 0 Å². The van der Waals surface area contributed by atoms with Crippen LogP contribution in [0.3, 0.4) is 0 Å². The van der Waals surface area contributed by atoms with Crippen LogP contribution < -0.4 is 15.4 Å². The molecule has 5 nitrogen and oxygen atoms in total. The molecule has 128 valence electrons. The summed E-state index contributed by atoms with van der Waals surface area (Å²) in [5.41, 5.74) is 1.10. The molecule has 0 saturated heterocycles. The van der Waals surface area contributed by atoms with Crippen molar-refractivity contribution in [3.05, 3.63) is 29.8 Å². The minimum Gasteiger partial charge on any atom is -0.494 e. The average molecular weight is 320 g/mol. The van der Waals surface area contributed by atoms with Crippen molar-refractivity contribution >= 4 is 6.03 Å². The van der Waals surface area contributed by atoms with Gasteiger partial charge in [-0.05, 0) is 50.2 Å². The highest BCUT2D eigenvalue weighted by molar-refractivity contribution is 5.73. The molecule has 5 heteroatoms. The van der Waals surface area contributed by atoms with Gasteiger partial charge in [-0.15, -0.1) is 0 Å². The topological polar surface area (TPSA) is 70.6 Å². The van der Waals surface area contributed by atoms with Crippen molar-refractivity contribution < 1.29 is 14.6 Å². The Morgan fingerprint density at radius 2 is 2.13 bits per heavy atom. The zero-order valence-corrected chi connectivity index (χ0v) is 13.9. The molecule has 1 aliphatic carbocycles. The lowest BCUT2D eigenvalue weighted by Gasteiger charge is -2.25. The molecule has 1 fully saturated rings. The molecule has 2 unspecified atom stereocenters. The first-order valence-corrected chi connectivity index (χ1v) is 8.59. The summed E-state index contributed by atoms with van der Waals surface area (Å²) < 4.78 is 5.58. The van der Waals surface area contributed by atoms with Crippen molar-refractivity contribution in [2.24, 2.45) is 5.92 Å². The van der Waals surface area contributed by atoms with E-state index in [9.17, 15) is 9.90 Å². The summed E-state index contributed by atoms with van der Waals surface area (Å²) in [4.78, 5) is 11.9. The smallest absolute Gasteiger partial charge is 0.314 e. The van der Waals surface area contributed by atoms with Gasteiger partial charge in [0.2, 0.25) is 0 Å². The Hall–Kier alpha value is -1.75. The molecule has 1 saturated carbocycles. The van der Waals surface area contributed by atoms with E-state index in [1.165, 1.54) is 0 Å². The predicted molar refractivity (Wildman–Crippen MR) is 90.7 cm³/mol. The van der Waals surface area contributed by atoms with Crippen molar-refractivity contribution in [1.82, 2.24) is 10.6 Å². The number of aliphatic hydroxyl groups is 1. The Balaban J connectivity index is 1.66. The van der Waals surface area contributed by atoms with Gasteiger partial charge in [0, 0.05) is 13.1 Å². The maximum absolute atomic E-state index is 11.9. The number of aliphatic hydroxyl groups excluding tert-OH is 1. The summed E-state index contributed by atoms with van der Waals surface area (Å²) in [5, 5.41) is 15.4. The molecule has 1 aliphatic rings. The number of urea groups is 1. The Labute approximate surface area is 138 Å². The van der Waals surface area contributed by atoms with Crippen LogP contribution in [-0.4, -0.2) is 36.9 Å². The van der Waals surface area contributed by atoms with Crippen molar-refractivity contribution in [3.8, 4) is 5.75 Å². The Morgan fingerprint density at radius 1 is 1.30 bits per heavy atom. The van der Waals surface area contributed by atoms with Crippen LogP contribution in [0.15, 0.2) is 24.3 Å². The number of amides is 2. The van der Waals surface area contributed by atoms with E-state index < -0.39 is 0 Å². The minimum atomic E-state index is -0.200. The molecule has 2 atom stereocenters. The molecule has 1 aromatic rings. The third kappa shape index (κ3) is 6.10. The first kappa shape index (κ1) is 17.6. The molecule has 3 N–H and O–H groups in total. The van der Waals surface area contributed by atoms with Gasteiger partial charge >= 0.3 is 6.03 Å². The fourth-order valence-electron chi connectivity index (χ4n) is 3.06. The van der Waals surface area contributed by atoms with Gasteiger partial charge in [0.25, 0.3) is 0 Å². The summed E-state index contributed by atoms with van der Waals surface area (Å²) >= 11 is 0. The fourth-order valence-corrected chi connectivity index (χ4v) is 3.06. The number of nitrogens with one attached hydrogen (secondary N) is 2. The minimum absolute atomic E-state index is 0.140. The maximum Gasteiger partial charge on any atom is 0.314 e. The van der Waals surface area contributed by atoms with Crippen molar-refractivity contribution in [1.29, 1.82) is 0 Å². The maximum atomic E-state index is 11.9. The second-order valence-corrected chi connectivity index (χ2v) is 6.11. The lowest BCUT2D eigenvalue weighted by Crippen LogP contribution is -2.40. The van der Waals surface area contributed by atoms with E-state index in [0.717, 1.165) is 43.4 Å². The fraction of sp³-hybridized carbons (Fsp3) is 0.611. The second-order valence-electron chi connectivity index (χ2n) is 6.11. The number of benzene rings is 1. The highest BCUT2D eigenvalue weighted by atomic mass is 16.5. The standard InChI is InChI=1S/C18H28N2O3/c1-2-23-17-9-4-3-7-15(17)10-11-19-18(22)20-13-14-6-5-8-16(21)12-14/h3-4,7,9,14,16,21H,2,5-6,8,10-13H2,1H3,(H2,19,20,22). The summed E-state index contributed by atoms with van der Waals surface area (Å²) in [6.07, 6.45) is 4.35. The molecule has 2 rings (SSSR count). The number of para-hydroxylation sites is 1. The Kier molecular flexibility index (Phi) is 7.20. The van der Waals surface area contributed by atoms with E-state index in [-0.39, 0.29) is 12.1 Å². The number of ether oxygens (including phenoxy) is 1. The van der Waals surface area contributed by atoms with E-state index in [1.807, 2.05) is 31.2 Å². The molecule has 0 radical (unpaired) electrons. The normalized spacial score (nSPS) is 20.8. The lowest BCUT2D eigenvalue weighted by atomic mass is 9.87. The first-order chi connectivity index (χ1) is 11.2. The van der Waals surface area contributed by atoms with Gasteiger partial charge in [-0.25, -0.2) is 4.79 Å². The van der Waals surface area contributed by atoms with Crippen molar-refractivity contribution in [2.75, 3.05) is 19.7 Å². The molecule has 0 aliphatic heterocycles. The predicted octanol–water partition coefficient (Wildman–Crippen LogP) is 2.48. The van der Waals surface area contributed by atoms with E-state index in [4.69, 9.17) is 4.74 Å². The molecular formula is C18H28N2O3. The molecule has 2 amide bonds. The van der Waals surface area contributed by atoms with Crippen LogP contribution in [0.1, 0.15) is 38.2 Å². The van der Waals surface area contributed by atoms with Crippen LogP contribution in [0.25, 0.3) is 0 Å². The molecule has 23 heavy (non-hydrogen) atoms. The van der Waals surface area contributed by atoms with Crippen LogP contribution in [0.5, 0.6) is 5.75 Å². The molecule has 0 heterocycles. The number of hydrogen-bond donors (Lipinski definition) is 3. The van der Waals surface area contributed by atoms with Gasteiger partial charge in [-0.2, -0.15) is 0 Å². The molecular weight excluding hydrogens is 292 g/mol. The zero-order valence-electron chi connectivity index (χ0n) is 13.9. The van der Waals surface area contributed by atoms with Crippen LogP contribution in [0.4, 0.5) is 4.79 Å². The highest BCUT2D eigenvalue weighted by Gasteiger charge is 2.20.